The fraction of sp³-hybridized carbons (Fsp3) is 0.385. The quantitative estimate of drug-likeness (QED) is 0.382. The number of para-hydroxylation sites is 2. The number of hydrogen-bond donors (Lipinski definition) is 0. The minimum atomic E-state index is -0.414. The van der Waals surface area contributed by atoms with Gasteiger partial charge in [0.2, 0.25) is 5.78 Å². The predicted molar refractivity (Wildman–Crippen MR) is 126 cm³/mol. The summed E-state index contributed by atoms with van der Waals surface area (Å²) in [5.74, 6) is 0.867. The number of rotatable bonds is 6. The van der Waals surface area contributed by atoms with Crippen LogP contribution in [0.2, 0.25) is 0 Å². The average Bonchev–Trinajstić information content (AvgIpc) is 3.39. The monoisotopic (exact) mass is 465 g/mol. The smallest absolute Gasteiger partial charge is 0.348 e. The number of carbonyl (C=O) groups excluding carboxylic acids is 2. The van der Waals surface area contributed by atoms with Crippen molar-refractivity contribution in [2.75, 3.05) is 13.2 Å². The van der Waals surface area contributed by atoms with Gasteiger partial charge < -0.3 is 18.8 Å². The van der Waals surface area contributed by atoms with Gasteiger partial charge in [-0.25, -0.2) is 4.79 Å². The molecule has 0 fully saturated rings. The van der Waals surface area contributed by atoms with Gasteiger partial charge in [-0.3, -0.25) is 4.79 Å². The van der Waals surface area contributed by atoms with Crippen molar-refractivity contribution >= 4 is 23.1 Å². The second kappa shape index (κ2) is 9.06. The Labute approximate surface area is 197 Å². The van der Waals surface area contributed by atoms with Crippen LogP contribution in [0.5, 0.6) is 11.5 Å². The van der Waals surface area contributed by atoms with Gasteiger partial charge in [0.15, 0.2) is 24.2 Å². The van der Waals surface area contributed by atoms with Gasteiger partial charge in [0.25, 0.3) is 0 Å². The van der Waals surface area contributed by atoms with E-state index >= 15 is 0 Å². The molecule has 3 aromatic rings. The van der Waals surface area contributed by atoms with E-state index in [0.29, 0.717) is 23.6 Å². The maximum absolute atomic E-state index is 12.9. The zero-order chi connectivity index (χ0) is 22.9. The molecule has 1 aliphatic carbocycles. The maximum Gasteiger partial charge on any atom is 0.348 e. The number of aryl methyl sites for hydroxylation is 3. The molecule has 0 amide bonds. The van der Waals surface area contributed by atoms with Crippen LogP contribution in [0.4, 0.5) is 0 Å². The highest BCUT2D eigenvalue weighted by Crippen LogP contribution is 2.32. The summed E-state index contributed by atoms with van der Waals surface area (Å²) < 4.78 is 19.3. The number of Topliss-reactive ketones (excluding diaryl/α,β-unsaturated/α-hetero) is 1. The van der Waals surface area contributed by atoms with Crippen LogP contribution < -0.4 is 9.47 Å². The molecule has 2 aromatic heterocycles. The Bertz CT molecular complexity index is 1180. The lowest BCUT2D eigenvalue weighted by molar-refractivity contribution is 0.0479. The van der Waals surface area contributed by atoms with Crippen LogP contribution in [0.3, 0.4) is 0 Å². The number of esters is 1. The Morgan fingerprint density at radius 3 is 2.73 bits per heavy atom. The van der Waals surface area contributed by atoms with Gasteiger partial charge in [-0.15, -0.1) is 11.3 Å². The van der Waals surface area contributed by atoms with E-state index in [1.54, 1.807) is 0 Å². The van der Waals surface area contributed by atoms with Gasteiger partial charge in [0.1, 0.15) is 11.5 Å². The van der Waals surface area contributed by atoms with E-state index in [2.05, 4.69) is 4.57 Å². The highest BCUT2D eigenvalue weighted by Gasteiger charge is 2.25. The molecule has 2 aliphatic rings. The van der Waals surface area contributed by atoms with Gasteiger partial charge in [0, 0.05) is 21.8 Å². The summed E-state index contributed by atoms with van der Waals surface area (Å²) in [6.07, 6.45) is 4.22. The number of fused-ring (bicyclic) bond motifs is 2. The molecule has 5 rings (SSSR count). The van der Waals surface area contributed by atoms with Crippen molar-refractivity contribution in [2.24, 2.45) is 0 Å². The molecule has 0 saturated carbocycles. The second-order valence-corrected chi connectivity index (χ2v) is 9.80. The molecule has 3 heterocycles. The number of nitrogens with zero attached hydrogens (tertiary/aromatic N) is 1. The molecule has 6 nitrogen and oxygen atoms in total. The first-order chi connectivity index (χ1) is 16.0. The summed E-state index contributed by atoms with van der Waals surface area (Å²) in [6, 6.07) is 11.4. The fourth-order valence-electron chi connectivity index (χ4n) is 4.59. The highest BCUT2D eigenvalue weighted by atomic mass is 32.1. The molecule has 0 saturated heterocycles. The Morgan fingerprint density at radius 1 is 1.12 bits per heavy atom. The van der Waals surface area contributed by atoms with Crippen molar-refractivity contribution in [2.45, 2.75) is 52.2 Å². The van der Waals surface area contributed by atoms with Crippen LogP contribution >= 0.6 is 11.3 Å². The largest absolute Gasteiger partial charge is 0.486 e. The first kappa shape index (κ1) is 21.8. The number of ether oxygens (including phenoxy) is 3. The molecule has 1 aromatic carbocycles. The Kier molecular flexibility index (Phi) is 5.98. The average molecular weight is 466 g/mol. The number of benzene rings is 1. The van der Waals surface area contributed by atoms with Gasteiger partial charge >= 0.3 is 5.97 Å². The standard InChI is InChI=1S/C26H27NO5S/c1-16-11-20(17(2)27(16)13-19-14-30-22-8-4-5-9-23(22)32-19)21(28)15-31-26(29)25-12-18-7-3-6-10-24(18)33-25/h4-5,8-9,11-12,19H,3,6-7,10,13-15H2,1-2H3. The lowest BCUT2D eigenvalue weighted by Crippen LogP contribution is -2.33. The molecule has 0 radical (unpaired) electrons. The van der Waals surface area contributed by atoms with Crippen LogP contribution in [0.1, 0.15) is 54.7 Å². The minimum Gasteiger partial charge on any atom is -0.486 e. The van der Waals surface area contributed by atoms with Crippen molar-refractivity contribution in [3.63, 3.8) is 0 Å². The minimum absolute atomic E-state index is 0.157. The van der Waals surface area contributed by atoms with E-state index in [4.69, 9.17) is 14.2 Å². The van der Waals surface area contributed by atoms with Crippen LogP contribution in [-0.2, 0) is 24.1 Å². The Balaban J connectivity index is 1.23. The summed E-state index contributed by atoms with van der Waals surface area (Å²) in [7, 11) is 0. The molecule has 1 aliphatic heterocycles. The van der Waals surface area contributed by atoms with E-state index in [0.717, 1.165) is 42.1 Å². The maximum atomic E-state index is 12.9. The molecule has 1 atom stereocenters. The molecular weight excluding hydrogens is 438 g/mol. The molecule has 33 heavy (non-hydrogen) atoms. The van der Waals surface area contributed by atoms with Gasteiger partial charge in [0.05, 0.1) is 6.54 Å². The van der Waals surface area contributed by atoms with E-state index < -0.39 is 5.97 Å². The zero-order valence-electron chi connectivity index (χ0n) is 18.9. The third-order valence-electron chi connectivity index (χ3n) is 6.36. The summed E-state index contributed by atoms with van der Waals surface area (Å²) in [5, 5.41) is 0. The molecule has 0 bridgehead atoms. The molecule has 1 unspecified atom stereocenters. The first-order valence-electron chi connectivity index (χ1n) is 11.4. The van der Waals surface area contributed by atoms with Crippen molar-refractivity contribution in [3.8, 4) is 11.5 Å². The van der Waals surface area contributed by atoms with E-state index in [1.165, 1.54) is 28.2 Å². The van der Waals surface area contributed by atoms with Crippen molar-refractivity contribution < 1.29 is 23.8 Å². The van der Waals surface area contributed by atoms with E-state index in [1.807, 2.05) is 50.2 Å². The van der Waals surface area contributed by atoms with Gasteiger partial charge in [-0.1, -0.05) is 12.1 Å². The molecule has 172 valence electrons. The normalized spacial score (nSPS) is 16.8. The van der Waals surface area contributed by atoms with Crippen LogP contribution in [0, 0.1) is 13.8 Å². The number of thiophene rings is 1. The third-order valence-corrected chi connectivity index (χ3v) is 7.58. The number of ketones is 1. The summed E-state index contributed by atoms with van der Waals surface area (Å²) in [6.45, 7) is 4.62. The Morgan fingerprint density at radius 2 is 1.91 bits per heavy atom. The lowest BCUT2D eigenvalue weighted by atomic mass is 9.99. The summed E-state index contributed by atoms with van der Waals surface area (Å²) >= 11 is 1.50. The van der Waals surface area contributed by atoms with E-state index in [-0.39, 0.29) is 18.5 Å². The second-order valence-electron chi connectivity index (χ2n) is 8.66. The lowest BCUT2D eigenvalue weighted by Gasteiger charge is -2.27. The van der Waals surface area contributed by atoms with Crippen molar-refractivity contribution in [3.05, 3.63) is 68.7 Å². The summed E-state index contributed by atoms with van der Waals surface area (Å²) in [5.41, 5.74) is 3.62. The van der Waals surface area contributed by atoms with Crippen molar-refractivity contribution in [1.82, 2.24) is 4.57 Å². The number of hydrogen-bond acceptors (Lipinski definition) is 6. The topological polar surface area (TPSA) is 66.8 Å². The van der Waals surface area contributed by atoms with Crippen molar-refractivity contribution in [1.29, 1.82) is 0 Å². The summed E-state index contributed by atoms with van der Waals surface area (Å²) in [4.78, 5) is 27.3. The first-order valence-corrected chi connectivity index (χ1v) is 12.2. The third kappa shape index (κ3) is 4.42. The molecule has 0 N–H and O–H groups in total. The fourth-order valence-corrected chi connectivity index (χ4v) is 5.74. The number of carbonyl (C=O) groups is 2. The van der Waals surface area contributed by atoms with Crippen LogP contribution in [0.15, 0.2) is 36.4 Å². The van der Waals surface area contributed by atoms with E-state index in [9.17, 15) is 9.59 Å². The highest BCUT2D eigenvalue weighted by molar-refractivity contribution is 7.14. The zero-order valence-corrected chi connectivity index (χ0v) is 19.7. The number of aromatic nitrogens is 1. The van der Waals surface area contributed by atoms with Crippen LogP contribution in [0.25, 0.3) is 0 Å². The molecular formula is C26H27NO5S. The molecule has 7 heteroatoms. The molecule has 0 spiro atoms. The Hall–Kier alpha value is -3.06. The van der Waals surface area contributed by atoms with Crippen LogP contribution in [-0.4, -0.2) is 35.6 Å². The van der Waals surface area contributed by atoms with Gasteiger partial charge in [-0.05, 0) is 69.4 Å². The SMILES string of the molecule is Cc1cc(C(=O)COC(=O)c2cc3c(s2)CCCC3)c(C)n1CC1COc2ccccc2O1. The van der Waals surface area contributed by atoms with Gasteiger partial charge in [-0.2, -0.15) is 0 Å². The predicted octanol–water partition coefficient (Wildman–Crippen LogP) is 4.92.